The molecule has 0 unspecified atom stereocenters. The summed E-state index contributed by atoms with van der Waals surface area (Å²) in [5.74, 6) is 1.31. The number of furan rings is 1. The first kappa shape index (κ1) is 21.1. The lowest BCUT2D eigenvalue weighted by molar-refractivity contribution is 0.200. The third kappa shape index (κ3) is 3.93. The van der Waals surface area contributed by atoms with Gasteiger partial charge < -0.3 is 24.1 Å². The smallest absolute Gasteiger partial charge is 0.135 e. The highest BCUT2D eigenvalue weighted by Crippen LogP contribution is 2.49. The molecular formula is C28H24O5. The lowest BCUT2D eigenvalue weighted by Gasteiger charge is -2.21. The third-order valence-corrected chi connectivity index (χ3v) is 5.66. The molecule has 5 rings (SSSR count). The van der Waals surface area contributed by atoms with Crippen LogP contribution in [0, 0.1) is 0 Å². The summed E-state index contributed by atoms with van der Waals surface area (Å²) in [6.45, 7) is 0.127. The van der Waals surface area contributed by atoms with Crippen LogP contribution < -0.4 is 9.47 Å². The van der Waals surface area contributed by atoms with Crippen LogP contribution in [0.1, 0.15) is 0 Å². The van der Waals surface area contributed by atoms with Crippen LogP contribution in [0.4, 0.5) is 0 Å². The Morgan fingerprint density at radius 3 is 2.12 bits per heavy atom. The maximum absolute atomic E-state index is 9.57. The van der Waals surface area contributed by atoms with E-state index in [2.05, 4.69) is 30.3 Å². The fourth-order valence-corrected chi connectivity index (χ4v) is 4.29. The molecule has 1 heterocycles. The van der Waals surface area contributed by atoms with Gasteiger partial charge in [0.2, 0.25) is 0 Å². The molecule has 5 aromatic rings. The van der Waals surface area contributed by atoms with Crippen molar-refractivity contribution in [3.63, 3.8) is 0 Å². The molecule has 0 saturated carbocycles. The summed E-state index contributed by atoms with van der Waals surface area (Å²) in [6.07, 6.45) is 3.32. The second kappa shape index (κ2) is 9.36. The van der Waals surface area contributed by atoms with E-state index >= 15 is 0 Å². The Balaban J connectivity index is 1.93. The first-order valence-electron chi connectivity index (χ1n) is 10.9. The van der Waals surface area contributed by atoms with Crippen molar-refractivity contribution in [3.05, 3.63) is 85.3 Å². The topological polar surface area (TPSA) is 72.1 Å². The number of fused-ring (bicyclic) bond motifs is 2. The highest BCUT2D eigenvalue weighted by atomic mass is 16.5. The van der Waals surface area contributed by atoms with Gasteiger partial charge in [-0.1, -0.05) is 54.6 Å². The number of hydrogen-bond donors (Lipinski definition) is 2. The molecule has 0 aliphatic heterocycles. The summed E-state index contributed by atoms with van der Waals surface area (Å²) in [5.41, 5.74) is 3.51. The molecule has 0 saturated heterocycles. The predicted molar refractivity (Wildman–Crippen MR) is 130 cm³/mol. The fraction of sp³-hybridized carbons (Fsp3) is 0.143. The van der Waals surface area contributed by atoms with E-state index in [4.69, 9.17) is 13.9 Å². The van der Waals surface area contributed by atoms with Crippen LogP contribution in [0.5, 0.6) is 11.5 Å². The molecule has 0 bridgehead atoms. The van der Waals surface area contributed by atoms with Gasteiger partial charge in [0.1, 0.15) is 24.7 Å². The van der Waals surface area contributed by atoms with E-state index in [1.165, 1.54) is 0 Å². The summed E-state index contributed by atoms with van der Waals surface area (Å²) < 4.78 is 17.6. The normalized spacial score (nSPS) is 11.2. The summed E-state index contributed by atoms with van der Waals surface area (Å²) in [7, 11) is 0. The molecule has 0 spiro atoms. The number of hydrogen-bond acceptors (Lipinski definition) is 5. The molecule has 4 aromatic carbocycles. The van der Waals surface area contributed by atoms with Crippen molar-refractivity contribution in [3.8, 4) is 33.8 Å². The molecule has 0 atom stereocenters. The molecule has 33 heavy (non-hydrogen) atoms. The van der Waals surface area contributed by atoms with E-state index in [0.717, 1.165) is 43.8 Å². The molecule has 0 aliphatic rings. The Hall–Kier alpha value is -3.80. The molecule has 5 heteroatoms. The fourth-order valence-electron chi connectivity index (χ4n) is 4.29. The Morgan fingerprint density at radius 1 is 0.697 bits per heavy atom. The molecule has 2 N–H and O–H groups in total. The van der Waals surface area contributed by atoms with E-state index in [9.17, 15) is 10.2 Å². The standard InChI is InChI=1S/C28H24O5/c29-12-15-32-25-10-9-19-5-1-3-7-22(19)26(25)27-23-8-4-2-6-20(23)17-24(21-11-14-31-18-21)28(27)33-16-13-30/h1-11,14,17-18,29-30H,12-13,15-16H2. The van der Waals surface area contributed by atoms with Crippen LogP contribution in [0.2, 0.25) is 0 Å². The molecule has 166 valence electrons. The van der Waals surface area contributed by atoms with Crippen LogP contribution >= 0.6 is 0 Å². The van der Waals surface area contributed by atoms with Crippen LogP contribution in [0.25, 0.3) is 43.8 Å². The summed E-state index contributed by atoms with van der Waals surface area (Å²) in [4.78, 5) is 0. The minimum atomic E-state index is -0.111. The summed E-state index contributed by atoms with van der Waals surface area (Å²) in [5, 5.41) is 23.1. The minimum absolute atomic E-state index is 0.0874. The zero-order chi connectivity index (χ0) is 22.6. The lowest BCUT2D eigenvalue weighted by Crippen LogP contribution is -2.06. The number of rotatable bonds is 8. The molecule has 0 fully saturated rings. The zero-order valence-electron chi connectivity index (χ0n) is 18.0. The molecule has 0 amide bonds. The van der Waals surface area contributed by atoms with Gasteiger partial charge in [0.25, 0.3) is 0 Å². The van der Waals surface area contributed by atoms with Gasteiger partial charge in [-0.05, 0) is 39.7 Å². The zero-order valence-corrected chi connectivity index (χ0v) is 18.0. The Labute approximate surface area is 191 Å². The number of benzene rings is 4. The van der Waals surface area contributed by atoms with Gasteiger partial charge in [-0.2, -0.15) is 0 Å². The van der Waals surface area contributed by atoms with E-state index in [1.54, 1.807) is 12.5 Å². The second-order valence-electron chi connectivity index (χ2n) is 7.67. The first-order valence-corrected chi connectivity index (χ1v) is 10.9. The van der Waals surface area contributed by atoms with Crippen molar-refractivity contribution < 1.29 is 24.1 Å². The highest BCUT2D eigenvalue weighted by Gasteiger charge is 2.23. The first-order chi connectivity index (χ1) is 16.3. The molecule has 0 aliphatic carbocycles. The number of aliphatic hydroxyl groups excluding tert-OH is 2. The molecular weight excluding hydrogens is 416 g/mol. The summed E-state index contributed by atoms with van der Waals surface area (Å²) in [6, 6.07) is 24.2. The van der Waals surface area contributed by atoms with Gasteiger partial charge in [-0.15, -0.1) is 0 Å². The van der Waals surface area contributed by atoms with Crippen molar-refractivity contribution >= 4 is 21.5 Å². The number of ether oxygens (including phenoxy) is 2. The van der Waals surface area contributed by atoms with Crippen molar-refractivity contribution in [1.29, 1.82) is 0 Å². The Bertz CT molecular complexity index is 1390. The Morgan fingerprint density at radius 2 is 1.39 bits per heavy atom. The quantitative estimate of drug-likeness (QED) is 0.326. The molecule has 1 aromatic heterocycles. The molecule has 0 radical (unpaired) electrons. The average Bonchev–Trinajstić information content (AvgIpc) is 3.40. The monoisotopic (exact) mass is 440 g/mol. The van der Waals surface area contributed by atoms with Gasteiger partial charge >= 0.3 is 0 Å². The van der Waals surface area contributed by atoms with Crippen molar-refractivity contribution in [2.24, 2.45) is 0 Å². The Kier molecular flexibility index (Phi) is 5.98. The van der Waals surface area contributed by atoms with Gasteiger partial charge in [-0.25, -0.2) is 0 Å². The average molecular weight is 440 g/mol. The SMILES string of the molecule is OCCOc1ccc2ccccc2c1-c1c(OCCO)c(-c2ccoc2)cc2ccccc12. The van der Waals surface area contributed by atoms with Crippen molar-refractivity contribution in [1.82, 2.24) is 0 Å². The minimum Gasteiger partial charge on any atom is -0.491 e. The van der Waals surface area contributed by atoms with Crippen LogP contribution in [0.15, 0.2) is 89.7 Å². The van der Waals surface area contributed by atoms with Crippen LogP contribution in [-0.2, 0) is 0 Å². The third-order valence-electron chi connectivity index (χ3n) is 5.66. The van der Waals surface area contributed by atoms with E-state index in [0.29, 0.717) is 11.5 Å². The van der Waals surface area contributed by atoms with E-state index in [-0.39, 0.29) is 26.4 Å². The van der Waals surface area contributed by atoms with E-state index < -0.39 is 0 Å². The highest BCUT2D eigenvalue weighted by molar-refractivity contribution is 6.12. The van der Waals surface area contributed by atoms with Gasteiger partial charge in [-0.3, -0.25) is 0 Å². The van der Waals surface area contributed by atoms with Gasteiger partial charge in [0, 0.05) is 22.3 Å². The van der Waals surface area contributed by atoms with E-state index in [1.807, 2.05) is 42.5 Å². The van der Waals surface area contributed by atoms with Gasteiger partial charge in [0.15, 0.2) is 0 Å². The van der Waals surface area contributed by atoms with Crippen LogP contribution in [-0.4, -0.2) is 36.6 Å². The van der Waals surface area contributed by atoms with Crippen molar-refractivity contribution in [2.75, 3.05) is 26.4 Å². The largest absolute Gasteiger partial charge is 0.491 e. The lowest BCUT2D eigenvalue weighted by atomic mass is 9.89. The van der Waals surface area contributed by atoms with Gasteiger partial charge in [0.05, 0.1) is 25.7 Å². The van der Waals surface area contributed by atoms with Crippen molar-refractivity contribution in [2.45, 2.75) is 0 Å². The predicted octanol–water partition coefficient (Wildman–Crippen LogP) is 5.66. The number of aliphatic hydroxyl groups is 2. The maximum atomic E-state index is 9.57. The molecule has 5 nitrogen and oxygen atoms in total. The van der Waals surface area contributed by atoms with Crippen LogP contribution in [0.3, 0.4) is 0 Å². The second-order valence-corrected chi connectivity index (χ2v) is 7.67. The summed E-state index contributed by atoms with van der Waals surface area (Å²) >= 11 is 0. The maximum Gasteiger partial charge on any atom is 0.135 e.